The lowest BCUT2D eigenvalue weighted by atomic mass is 9.99. The minimum atomic E-state index is -5.15. The predicted molar refractivity (Wildman–Crippen MR) is 139 cm³/mol. The number of pyridine rings is 1. The Bertz CT molecular complexity index is 1740. The van der Waals surface area contributed by atoms with Crippen LogP contribution in [0, 0.1) is 5.92 Å². The molecule has 1 unspecified atom stereocenters. The molecular weight excluding hydrogens is 539 g/mol. The van der Waals surface area contributed by atoms with Gasteiger partial charge in [0.05, 0.1) is 23.5 Å². The van der Waals surface area contributed by atoms with Gasteiger partial charge in [0.15, 0.2) is 5.75 Å². The van der Waals surface area contributed by atoms with E-state index >= 15 is 0 Å². The second-order valence-corrected chi connectivity index (χ2v) is 10.9. The van der Waals surface area contributed by atoms with Crippen LogP contribution in [-0.4, -0.2) is 48.1 Å². The number of hydrogen-bond donors (Lipinski definition) is 2. The number of benzene rings is 2. The van der Waals surface area contributed by atoms with E-state index in [0.29, 0.717) is 16.3 Å². The lowest BCUT2D eigenvalue weighted by molar-refractivity contribution is -0.174. The molecule has 2 aromatic carbocycles. The van der Waals surface area contributed by atoms with Gasteiger partial charge in [0, 0.05) is 10.8 Å². The number of nitrogens with one attached hydrogen (secondary N) is 2. The van der Waals surface area contributed by atoms with Crippen molar-refractivity contribution in [1.29, 1.82) is 0 Å². The first-order chi connectivity index (χ1) is 18.2. The number of rotatable bonds is 8. The van der Waals surface area contributed by atoms with Crippen molar-refractivity contribution in [3.05, 3.63) is 65.0 Å². The quantitative estimate of drug-likeness (QED) is 0.315. The molecule has 4 aromatic rings. The second kappa shape index (κ2) is 10.2. The highest BCUT2D eigenvalue weighted by Gasteiger charge is 2.45. The van der Waals surface area contributed by atoms with Crippen molar-refractivity contribution in [1.82, 2.24) is 14.9 Å². The zero-order valence-electron chi connectivity index (χ0n) is 21.0. The van der Waals surface area contributed by atoms with Gasteiger partial charge in [-0.2, -0.15) is 21.6 Å². The minimum absolute atomic E-state index is 0.0220. The van der Waals surface area contributed by atoms with Crippen molar-refractivity contribution in [3.63, 3.8) is 0 Å². The lowest BCUT2D eigenvalue weighted by Crippen LogP contribution is -2.50. The van der Waals surface area contributed by atoms with Gasteiger partial charge in [-0.1, -0.05) is 56.3 Å². The van der Waals surface area contributed by atoms with Crippen LogP contribution in [0.2, 0.25) is 0 Å². The molecule has 0 aliphatic heterocycles. The molecule has 0 fully saturated rings. The molecule has 0 bridgehead atoms. The number of alkyl halides is 3. The smallest absolute Gasteiger partial charge is 0.380 e. The summed E-state index contributed by atoms with van der Waals surface area (Å²) in [5.74, 6) is -3.97. The largest absolute Gasteiger partial charge is 0.452 e. The van der Waals surface area contributed by atoms with Gasteiger partial charge in [-0.05, 0) is 23.6 Å². The Hall–Kier alpha value is -4.13. The van der Waals surface area contributed by atoms with Crippen molar-refractivity contribution in [2.75, 3.05) is 6.26 Å². The maximum Gasteiger partial charge on any atom is 0.452 e. The molecule has 2 N–H and O–H groups in total. The highest BCUT2D eigenvalue weighted by atomic mass is 32.2. The van der Waals surface area contributed by atoms with E-state index in [-0.39, 0.29) is 22.5 Å². The summed E-state index contributed by atoms with van der Waals surface area (Å²) < 4.78 is 68.9. The average Bonchev–Trinajstić information content (AvgIpc) is 3.22. The normalized spacial score (nSPS) is 13.1. The van der Waals surface area contributed by atoms with E-state index in [1.165, 1.54) is 19.9 Å². The van der Waals surface area contributed by atoms with Gasteiger partial charge >= 0.3 is 16.3 Å². The van der Waals surface area contributed by atoms with E-state index < -0.39 is 52.0 Å². The van der Waals surface area contributed by atoms with Crippen LogP contribution < -0.4 is 15.1 Å². The van der Waals surface area contributed by atoms with Crippen LogP contribution in [0.15, 0.2) is 59.4 Å². The Balaban J connectivity index is 1.87. The molecule has 1 atom stereocenters. The number of Topliss-reactive ketones (excluding diaryl/α,β-unsaturated/α-hetero) is 1. The molecule has 0 aliphatic rings. The van der Waals surface area contributed by atoms with Crippen LogP contribution in [0.1, 0.15) is 13.8 Å². The van der Waals surface area contributed by atoms with Crippen LogP contribution in [0.3, 0.4) is 0 Å². The third kappa shape index (κ3) is 5.82. The maximum atomic E-state index is 13.7. The monoisotopic (exact) mass is 563 g/mol. The van der Waals surface area contributed by atoms with Crippen LogP contribution >= 0.6 is 0 Å². The fourth-order valence-electron chi connectivity index (χ4n) is 4.30. The number of fused-ring (bicyclic) bond motifs is 3. The number of nitrogens with zero attached hydrogens (tertiary/aromatic N) is 1. The SMILES string of the molecule is CC(C)C(NC(=O)Cn1c(-c2ccccc2)cc2c([nH]c3c(OS(C)(=O)=O)cccc32)c1=O)C(=O)C(F)(F)F. The highest BCUT2D eigenvalue weighted by Crippen LogP contribution is 2.33. The number of carbonyl (C=O) groups is 2. The molecule has 0 saturated heterocycles. The third-order valence-electron chi connectivity index (χ3n) is 6.02. The Kier molecular flexibility index (Phi) is 7.30. The van der Waals surface area contributed by atoms with Crippen LogP contribution in [-0.2, 0) is 26.3 Å². The summed E-state index contributed by atoms with van der Waals surface area (Å²) in [4.78, 5) is 41.4. The van der Waals surface area contributed by atoms with Crippen LogP contribution in [0.5, 0.6) is 5.75 Å². The first-order valence-corrected chi connectivity index (χ1v) is 13.5. The molecule has 2 aromatic heterocycles. The van der Waals surface area contributed by atoms with Crippen molar-refractivity contribution in [2.45, 2.75) is 32.6 Å². The summed E-state index contributed by atoms with van der Waals surface area (Å²) in [5.41, 5.74) is 0.378. The lowest BCUT2D eigenvalue weighted by Gasteiger charge is -2.23. The number of H-pyrrole nitrogens is 1. The Morgan fingerprint density at radius 3 is 2.28 bits per heavy atom. The van der Waals surface area contributed by atoms with E-state index in [1.54, 1.807) is 48.5 Å². The first kappa shape index (κ1) is 27.9. The molecule has 13 heteroatoms. The number of hydrogen-bond acceptors (Lipinski definition) is 6. The van der Waals surface area contributed by atoms with Gasteiger partial charge in [0.1, 0.15) is 12.1 Å². The van der Waals surface area contributed by atoms with E-state index in [0.717, 1.165) is 10.8 Å². The zero-order chi connectivity index (χ0) is 28.7. The van der Waals surface area contributed by atoms with E-state index in [9.17, 15) is 36.0 Å². The summed E-state index contributed by atoms with van der Waals surface area (Å²) >= 11 is 0. The topological polar surface area (TPSA) is 127 Å². The van der Waals surface area contributed by atoms with Crippen molar-refractivity contribution in [3.8, 4) is 17.0 Å². The zero-order valence-corrected chi connectivity index (χ0v) is 21.8. The standard InChI is InChI=1S/C26H24F3N3O6S/c1-14(2)21(24(34)26(27,28)29)30-20(33)13-32-18(15-8-5-4-6-9-15)12-17-16-10-7-11-19(38-39(3,36)37)22(16)31-23(17)25(32)35/h4-12,14,21,31H,13H2,1-3H3,(H,30,33). The number of halogens is 3. The molecule has 2 heterocycles. The van der Waals surface area contributed by atoms with E-state index in [4.69, 9.17) is 4.18 Å². The predicted octanol–water partition coefficient (Wildman–Crippen LogP) is 3.76. The molecule has 0 spiro atoms. The number of aromatic nitrogens is 2. The van der Waals surface area contributed by atoms with E-state index in [2.05, 4.69) is 10.3 Å². The first-order valence-electron chi connectivity index (χ1n) is 11.7. The average molecular weight is 564 g/mol. The number of carbonyl (C=O) groups excluding carboxylic acids is 2. The summed E-state index contributed by atoms with van der Waals surface area (Å²) in [6.07, 6.45) is -4.27. The Labute approximate surface area is 220 Å². The Morgan fingerprint density at radius 1 is 1.03 bits per heavy atom. The number of para-hydroxylation sites is 1. The molecule has 0 aliphatic carbocycles. The maximum absolute atomic E-state index is 13.7. The second-order valence-electron chi connectivity index (χ2n) is 9.32. The molecule has 0 radical (unpaired) electrons. The van der Waals surface area contributed by atoms with Crippen LogP contribution in [0.4, 0.5) is 13.2 Å². The van der Waals surface area contributed by atoms with E-state index in [1.807, 2.05) is 0 Å². The molecule has 9 nitrogen and oxygen atoms in total. The van der Waals surface area contributed by atoms with Gasteiger partial charge in [-0.3, -0.25) is 19.0 Å². The van der Waals surface area contributed by atoms with Gasteiger partial charge in [0.2, 0.25) is 5.91 Å². The molecule has 0 saturated carbocycles. The van der Waals surface area contributed by atoms with Crippen LogP contribution in [0.25, 0.3) is 33.1 Å². The molecule has 4 rings (SSSR count). The highest BCUT2D eigenvalue weighted by molar-refractivity contribution is 7.86. The fourth-order valence-corrected chi connectivity index (χ4v) is 4.77. The molecule has 206 valence electrons. The van der Waals surface area contributed by atoms with Gasteiger partial charge in [-0.25, -0.2) is 0 Å². The summed E-state index contributed by atoms with van der Waals surface area (Å²) in [7, 11) is -3.89. The summed E-state index contributed by atoms with van der Waals surface area (Å²) in [6, 6.07) is 12.9. The molecule has 1 amide bonds. The Morgan fingerprint density at radius 2 is 1.69 bits per heavy atom. The number of aromatic amines is 1. The summed E-state index contributed by atoms with van der Waals surface area (Å²) in [6.45, 7) is 2.04. The number of ketones is 1. The van der Waals surface area contributed by atoms with Gasteiger partial charge < -0.3 is 14.5 Å². The summed E-state index contributed by atoms with van der Waals surface area (Å²) in [5, 5.41) is 3.01. The van der Waals surface area contributed by atoms with Gasteiger partial charge in [0.25, 0.3) is 11.3 Å². The van der Waals surface area contributed by atoms with Crippen molar-refractivity contribution >= 4 is 43.6 Å². The molecule has 39 heavy (non-hydrogen) atoms. The van der Waals surface area contributed by atoms with Gasteiger partial charge in [-0.15, -0.1) is 0 Å². The number of amides is 1. The third-order valence-corrected chi connectivity index (χ3v) is 6.51. The molecular formula is C26H24F3N3O6S. The van der Waals surface area contributed by atoms with Crippen molar-refractivity contribution in [2.24, 2.45) is 5.92 Å². The van der Waals surface area contributed by atoms with Crippen molar-refractivity contribution < 1.29 is 35.4 Å². The minimum Gasteiger partial charge on any atom is -0.380 e. The fraction of sp³-hybridized carbons (Fsp3) is 0.269.